The molecule has 0 unspecified atom stereocenters. The molecule has 1 aromatic rings. The van der Waals surface area contributed by atoms with Gasteiger partial charge >= 0.3 is 0 Å². The number of aryl methyl sites for hydroxylation is 1. The van der Waals surface area contributed by atoms with Crippen LogP contribution in [0.15, 0.2) is 29.2 Å². The van der Waals surface area contributed by atoms with Crippen LogP contribution in [0.4, 0.5) is 0 Å². The monoisotopic (exact) mass is 245 g/mol. The van der Waals surface area contributed by atoms with Gasteiger partial charge in [0.15, 0.2) is 0 Å². The van der Waals surface area contributed by atoms with Crippen LogP contribution < -0.4 is 6.15 Å². The number of hydrogen-bond donors (Lipinski definition) is 1. The van der Waals surface area contributed by atoms with Crippen molar-refractivity contribution in [1.82, 2.24) is 6.15 Å². The molecule has 0 aliphatic heterocycles. The van der Waals surface area contributed by atoms with Crippen molar-refractivity contribution in [2.75, 3.05) is 6.61 Å². The molecule has 0 amide bonds. The van der Waals surface area contributed by atoms with Crippen LogP contribution in [0, 0.1) is 6.92 Å². The number of rotatable bonds is 5. The fourth-order valence-corrected chi connectivity index (χ4v) is 2.03. The van der Waals surface area contributed by atoms with E-state index in [1.165, 1.54) is 0 Å². The van der Waals surface area contributed by atoms with Gasteiger partial charge in [-0.2, -0.15) is 8.42 Å². The summed E-state index contributed by atoms with van der Waals surface area (Å²) >= 11 is 0. The zero-order chi connectivity index (χ0) is 11.3. The Kier molecular flexibility index (Phi) is 6.25. The molecule has 4 nitrogen and oxygen atoms in total. The van der Waals surface area contributed by atoms with Crippen molar-refractivity contribution in [2.45, 2.75) is 31.6 Å². The van der Waals surface area contributed by atoms with Crippen molar-refractivity contribution in [3.8, 4) is 0 Å². The van der Waals surface area contributed by atoms with Gasteiger partial charge in [-0.15, -0.1) is 0 Å². The molecule has 3 N–H and O–H groups in total. The van der Waals surface area contributed by atoms with Crippen LogP contribution >= 0.6 is 0 Å². The van der Waals surface area contributed by atoms with Crippen LogP contribution in [-0.2, 0) is 14.3 Å². The summed E-state index contributed by atoms with van der Waals surface area (Å²) < 4.78 is 28.1. The quantitative estimate of drug-likeness (QED) is 0.639. The van der Waals surface area contributed by atoms with E-state index in [9.17, 15) is 8.42 Å². The lowest BCUT2D eigenvalue weighted by molar-refractivity contribution is 0.311. The molecule has 0 fully saturated rings. The van der Waals surface area contributed by atoms with E-state index in [2.05, 4.69) is 0 Å². The maximum atomic E-state index is 11.6. The first-order chi connectivity index (χ1) is 7.06. The first-order valence-corrected chi connectivity index (χ1v) is 6.43. The molecule has 5 heteroatoms. The third-order valence-corrected chi connectivity index (χ3v) is 3.37. The molecule has 0 saturated carbocycles. The summed E-state index contributed by atoms with van der Waals surface area (Å²) in [7, 11) is -3.55. The van der Waals surface area contributed by atoms with E-state index in [4.69, 9.17) is 4.18 Å². The lowest BCUT2D eigenvalue weighted by Gasteiger charge is -2.04. The minimum atomic E-state index is -3.55. The van der Waals surface area contributed by atoms with Gasteiger partial charge in [0, 0.05) is 0 Å². The third kappa shape index (κ3) is 4.30. The molecule has 0 aliphatic carbocycles. The van der Waals surface area contributed by atoms with Crippen molar-refractivity contribution in [3.05, 3.63) is 29.8 Å². The maximum absolute atomic E-state index is 11.6. The van der Waals surface area contributed by atoms with E-state index in [0.717, 1.165) is 18.4 Å². The highest BCUT2D eigenvalue weighted by Gasteiger charge is 2.13. The van der Waals surface area contributed by atoms with Crippen LogP contribution in [0.3, 0.4) is 0 Å². The van der Waals surface area contributed by atoms with Crippen LogP contribution in [0.25, 0.3) is 0 Å². The molecule has 0 bridgehead atoms. The molecule has 0 aromatic heterocycles. The standard InChI is InChI=1S/C11H16O3S.H3N/c1-3-4-9-14-15(12,13)11-7-5-10(2)6-8-11;/h5-8H,3-4,9H2,1-2H3;1H3. The Bertz CT molecular complexity index is 398. The molecule has 0 atom stereocenters. The van der Waals surface area contributed by atoms with Gasteiger partial charge in [0.25, 0.3) is 10.1 Å². The maximum Gasteiger partial charge on any atom is 0.296 e. The normalized spacial score (nSPS) is 10.9. The van der Waals surface area contributed by atoms with Gasteiger partial charge in [0.05, 0.1) is 11.5 Å². The predicted molar refractivity (Wildman–Crippen MR) is 64.2 cm³/mol. The van der Waals surface area contributed by atoms with E-state index in [0.29, 0.717) is 0 Å². The Balaban J connectivity index is 0.00000225. The summed E-state index contributed by atoms with van der Waals surface area (Å²) in [6, 6.07) is 6.65. The van der Waals surface area contributed by atoms with E-state index in [1.807, 2.05) is 13.8 Å². The molecule has 16 heavy (non-hydrogen) atoms. The summed E-state index contributed by atoms with van der Waals surface area (Å²) in [5, 5.41) is 0. The van der Waals surface area contributed by atoms with Gasteiger partial charge in [-0.25, -0.2) is 0 Å². The van der Waals surface area contributed by atoms with Gasteiger partial charge in [-0.1, -0.05) is 31.0 Å². The Morgan fingerprint density at radius 2 is 1.75 bits per heavy atom. The second-order valence-electron chi connectivity index (χ2n) is 3.44. The summed E-state index contributed by atoms with van der Waals surface area (Å²) in [5.41, 5.74) is 1.03. The number of hydrogen-bond acceptors (Lipinski definition) is 4. The molecule has 0 radical (unpaired) electrons. The fraction of sp³-hybridized carbons (Fsp3) is 0.455. The third-order valence-electron chi connectivity index (χ3n) is 2.05. The smallest absolute Gasteiger partial charge is 0.296 e. The minimum absolute atomic E-state index is 0. The highest BCUT2D eigenvalue weighted by molar-refractivity contribution is 7.86. The van der Waals surface area contributed by atoms with E-state index < -0.39 is 10.1 Å². The van der Waals surface area contributed by atoms with E-state index in [-0.39, 0.29) is 17.7 Å². The van der Waals surface area contributed by atoms with Crippen LogP contribution in [0.2, 0.25) is 0 Å². The molecular weight excluding hydrogens is 226 g/mol. The van der Waals surface area contributed by atoms with Gasteiger partial charge in [-0.3, -0.25) is 4.18 Å². The van der Waals surface area contributed by atoms with Crippen molar-refractivity contribution in [3.63, 3.8) is 0 Å². The second-order valence-corrected chi connectivity index (χ2v) is 5.06. The number of unbranched alkanes of at least 4 members (excludes halogenated alkanes) is 1. The van der Waals surface area contributed by atoms with Crippen LogP contribution in [-0.4, -0.2) is 15.0 Å². The molecule has 0 spiro atoms. The van der Waals surface area contributed by atoms with Crippen molar-refractivity contribution < 1.29 is 12.6 Å². The zero-order valence-corrected chi connectivity index (χ0v) is 10.6. The summed E-state index contributed by atoms with van der Waals surface area (Å²) in [4.78, 5) is 0.226. The van der Waals surface area contributed by atoms with E-state index >= 15 is 0 Å². The Morgan fingerprint density at radius 1 is 1.19 bits per heavy atom. The molecular formula is C11H19NO3S. The fourth-order valence-electron chi connectivity index (χ4n) is 1.09. The predicted octanol–water partition coefficient (Wildman–Crippen LogP) is 2.66. The highest BCUT2D eigenvalue weighted by atomic mass is 32.2. The first kappa shape index (κ1) is 15.1. The van der Waals surface area contributed by atoms with Crippen molar-refractivity contribution in [2.24, 2.45) is 0 Å². The molecule has 0 saturated heterocycles. The van der Waals surface area contributed by atoms with Crippen LogP contribution in [0.1, 0.15) is 25.3 Å². The van der Waals surface area contributed by atoms with Gasteiger partial charge < -0.3 is 6.15 Å². The average Bonchev–Trinajstić information content (AvgIpc) is 2.18. The van der Waals surface area contributed by atoms with Gasteiger partial charge in [-0.05, 0) is 25.5 Å². The first-order valence-electron chi connectivity index (χ1n) is 5.02. The zero-order valence-electron chi connectivity index (χ0n) is 9.77. The SMILES string of the molecule is CCCCOS(=O)(=O)c1ccc(C)cc1.N. The average molecular weight is 245 g/mol. The lowest BCUT2D eigenvalue weighted by Crippen LogP contribution is -2.07. The molecule has 92 valence electrons. The largest absolute Gasteiger partial charge is 0.344 e. The molecule has 1 aromatic carbocycles. The summed E-state index contributed by atoms with van der Waals surface area (Å²) in [6.45, 7) is 4.16. The molecule has 0 heterocycles. The Hall–Kier alpha value is -0.910. The Labute approximate surface area is 97.3 Å². The molecule has 0 aliphatic rings. The summed E-state index contributed by atoms with van der Waals surface area (Å²) in [5.74, 6) is 0. The van der Waals surface area contributed by atoms with Gasteiger partial charge in [0.2, 0.25) is 0 Å². The minimum Gasteiger partial charge on any atom is -0.344 e. The summed E-state index contributed by atoms with van der Waals surface area (Å²) in [6.07, 6.45) is 1.68. The highest BCUT2D eigenvalue weighted by Crippen LogP contribution is 2.13. The van der Waals surface area contributed by atoms with Gasteiger partial charge in [0.1, 0.15) is 0 Å². The Morgan fingerprint density at radius 3 is 2.25 bits per heavy atom. The topological polar surface area (TPSA) is 78.4 Å². The van der Waals surface area contributed by atoms with Crippen LogP contribution in [0.5, 0.6) is 0 Å². The second kappa shape index (κ2) is 6.62. The van der Waals surface area contributed by atoms with Crippen molar-refractivity contribution in [1.29, 1.82) is 0 Å². The lowest BCUT2D eigenvalue weighted by atomic mass is 10.2. The number of benzene rings is 1. The van der Waals surface area contributed by atoms with E-state index in [1.54, 1.807) is 24.3 Å². The molecule has 1 rings (SSSR count). The van der Waals surface area contributed by atoms with Crippen molar-refractivity contribution >= 4 is 10.1 Å².